The lowest BCUT2D eigenvalue weighted by atomic mass is 10.0. The van der Waals surface area contributed by atoms with Crippen LogP contribution in [0, 0.1) is 11.3 Å². The summed E-state index contributed by atoms with van der Waals surface area (Å²) in [6.45, 7) is 0. The Balaban J connectivity index is 2.31. The van der Waals surface area contributed by atoms with E-state index in [9.17, 15) is 13.2 Å². The molecule has 5 heteroatoms. The van der Waals surface area contributed by atoms with Gasteiger partial charge in [0.1, 0.15) is 0 Å². The Morgan fingerprint density at radius 1 is 1.00 bits per heavy atom. The van der Waals surface area contributed by atoms with E-state index in [1.165, 1.54) is 24.3 Å². The SMILES string of the molecule is N#Cc1cccc(-c2ccc(C(O)C(F)(F)F)cc2)c1. The van der Waals surface area contributed by atoms with Crippen molar-refractivity contribution in [3.05, 3.63) is 59.7 Å². The van der Waals surface area contributed by atoms with Crippen LogP contribution in [0.1, 0.15) is 17.2 Å². The second-order valence-electron chi connectivity index (χ2n) is 4.26. The third-order valence-corrected chi connectivity index (χ3v) is 2.86. The molecule has 0 heterocycles. The lowest BCUT2D eigenvalue weighted by Crippen LogP contribution is -2.19. The minimum atomic E-state index is -4.68. The summed E-state index contributed by atoms with van der Waals surface area (Å²) in [5, 5.41) is 17.9. The maximum atomic E-state index is 12.4. The minimum absolute atomic E-state index is 0.210. The standard InChI is InChI=1S/C15H10F3NO/c16-15(17,18)14(20)12-6-4-11(5-7-12)13-3-1-2-10(8-13)9-19/h1-8,14,20H. The Morgan fingerprint density at radius 2 is 1.65 bits per heavy atom. The fraction of sp³-hybridized carbons (Fsp3) is 0.133. The Hall–Kier alpha value is -2.32. The molecule has 0 fully saturated rings. The highest BCUT2D eigenvalue weighted by molar-refractivity contribution is 5.65. The highest BCUT2D eigenvalue weighted by atomic mass is 19.4. The van der Waals surface area contributed by atoms with Crippen LogP contribution < -0.4 is 0 Å². The van der Waals surface area contributed by atoms with Gasteiger partial charge in [0.2, 0.25) is 0 Å². The first-order valence-electron chi connectivity index (χ1n) is 5.77. The highest BCUT2D eigenvalue weighted by Gasteiger charge is 2.39. The molecule has 1 N–H and O–H groups in total. The molecule has 102 valence electrons. The second-order valence-corrected chi connectivity index (χ2v) is 4.26. The van der Waals surface area contributed by atoms with Gasteiger partial charge in [0.25, 0.3) is 0 Å². The van der Waals surface area contributed by atoms with Crippen molar-refractivity contribution >= 4 is 0 Å². The molecule has 0 radical (unpaired) electrons. The van der Waals surface area contributed by atoms with E-state index in [-0.39, 0.29) is 5.56 Å². The van der Waals surface area contributed by atoms with Gasteiger partial charge < -0.3 is 5.11 Å². The number of aliphatic hydroxyl groups is 1. The topological polar surface area (TPSA) is 44.0 Å². The Morgan fingerprint density at radius 3 is 2.20 bits per heavy atom. The quantitative estimate of drug-likeness (QED) is 0.906. The van der Waals surface area contributed by atoms with E-state index < -0.39 is 12.3 Å². The molecule has 2 aromatic carbocycles. The molecule has 2 nitrogen and oxygen atoms in total. The van der Waals surface area contributed by atoms with Crippen LogP contribution in [0.4, 0.5) is 13.2 Å². The zero-order valence-corrected chi connectivity index (χ0v) is 10.2. The number of nitrogens with zero attached hydrogens (tertiary/aromatic N) is 1. The van der Waals surface area contributed by atoms with E-state index in [0.717, 1.165) is 5.56 Å². The predicted molar refractivity (Wildman–Crippen MR) is 67.6 cm³/mol. The molecule has 2 aromatic rings. The van der Waals surface area contributed by atoms with Crippen molar-refractivity contribution in [1.29, 1.82) is 5.26 Å². The number of alkyl halides is 3. The third-order valence-electron chi connectivity index (χ3n) is 2.86. The maximum absolute atomic E-state index is 12.4. The van der Waals surface area contributed by atoms with Crippen molar-refractivity contribution in [2.24, 2.45) is 0 Å². The molecule has 1 unspecified atom stereocenters. The second kappa shape index (κ2) is 5.35. The van der Waals surface area contributed by atoms with Crippen LogP contribution in [0.2, 0.25) is 0 Å². The van der Waals surface area contributed by atoms with E-state index in [2.05, 4.69) is 0 Å². The minimum Gasteiger partial charge on any atom is -0.379 e. The first kappa shape index (κ1) is 14.1. The molecular weight excluding hydrogens is 267 g/mol. The molecule has 2 rings (SSSR count). The summed E-state index contributed by atoms with van der Waals surface area (Å²) in [6.07, 6.45) is -7.16. The zero-order valence-electron chi connectivity index (χ0n) is 10.2. The Labute approximate surface area is 113 Å². The van der Waals surface area contributed by atoms with Gasteiger partial charge in [-0.05, 0) is 28.8 Å². The summed E-state index contributed by atoms with van der Waals surface area (Å²) in [6, 6.07) is 14.2. The van der Waals surface area contributed by atoms with E-state index >= 15 is 0 Å². The van der Waals surface area contributed by atoms with E-state index in [1.807, 2.05) is 6.07 Å². The van der Waals surface area contributed by atoms with Crippen molar-refractivity contribution in [2.45, 2.75) is 12.3 Å². The molecule has 0 aliphatic rings. The number of nitriles is 1. The summed E-state index contributed by atoms with van der Waals surface area (Å²) in [5.41, 5.74) is 1.68. The molecule has 0 bridgehead atoms. The van der Waals surface area contributed by atoms with Gasteiger partial charge in [-0.25, -0.2) is 0 Å². The van der Waals surface area contributed by atoms with Crippen LogP contribution in [0.15, 0.2) is 48.5 Å². The first-order chi connectivity index (χ1) is 9.41. The van der Waals surface area contributed by atoms with Crippen LogP contribution in [0.5, 0.6) is 0 Å². The molecule has 20 heavy (non-hydrogen) atoms. The van der Waals surface area contributed by atoms with Crippen molar-refractivity contribution < 1.29 is 18.3 Å². The zero-order chi connectivity index (χ0) is 14.8. The molecule has 0 amide bonds. The molecule has 0 aliphatic heterocycles. The van der Waals surface area contributed by atoms with Crippen molar-refractivity contribution in [3.8, 4) is 17.2 Å². The number of benzene rings is 2. The van der Waals surface area contributed by atoms with Crippen molar-refractivity contribution in [2.75, 3.05) is 0 Å². The molecule has 0 aromatic heterocycles. The monoisotopic (exact) mass is 277 g/mol. The fourth-order valence-electron chi connectivity index (χ4n) is 1.82. The number of rotatable bonds is 2. The Kier molecular flexibility index (Phi) is 3.77. The van der Waals surface area contributed by atoms with Crippen LogP contribution in [-0.2, 0) is 0 Å². The lowest BCUT2D eigenvalue weighted by molar-refractivity contribution is -0.206. The number of halogens is 3. The summed E-state index contributed by atoms with van der Waals surface area (Å²) in [4.78, 5) is 0. The summed E-state index contributed by atoms with van der Waals surface area (Å²) >= 11 is 0. The first-order valence-corrected chi connectivity index (χ1v) is 5.77. The van der Waals surface area contributed by atoms with E-state index in [1.54, 1.807) is 24.3 Å². The van der Waals surface area contributed by atoms with Gasteiger partial charge in [-0.3, -0.25) is 0 Å². The summed E-state index contributed by atoms with van der Waals surface area (Å²) in [7, 11) is 0. The van der Waals surface area contributed by atoms with Gasteiger partial charge in [0, 0.05) is 0 Å². The van der Waals surface area contributed by atoms with Crippen LogP contribution in [0.3, 0.4) is 0 Å². The molecule has 0 spiro atoms. The van der Waals surface area contributed by atoms with E-state index in [4.69, 9.17) is 10.4 Å². The Bertz CT molecular complexity index is 641. The van der Waals surface area contributed by atoms with Crippen LogP contribution in [0.25, 0.3) is 11.1 Å². The number of hydrogen-bond acceptors (Lipinski definition) is 2. The van der Waals surface area contributed by atoms with Gasteiger partial charge in [-0.2, -0.15) is 18.4 Å². The largest absolute Gasteiger partial charge is 0.418 e. The average Bonchev–Trinajstić information content (AvgIpc) is 2.46. The van der Waals surface area contributed by atoms with Gasteiger partial charge in [-0.1, -0.05) is 36.4 Å². The summed E-state index contributed by atoms with van der Waals surface area (Å²) < 4.78 is 37.1. The maximum Gasteiger partial charge on any atom is 0.418 e. The summed E-state index contributed by atoms with van der Waals surface area (Å²) in [5.74, 6) is 0. The third kappa shape index (κ3) is 2.98. The lowest BCUT2D eigenvalue weighted by Gasteiger charge is -2.15. The average molecular weight is 277 g/mol. The van der Waals surface area contributed by atoms with Gasteiger partial charge >= 0.3 is 6.18 Å². The molecule has 0 saturated heterocycles. The fourth-order valence-corrected chi connectivity index (χ4v) is 1.82. The molecule has 0 aliphatic carbocycles. The van der Waals surface area contributed by atoms with Crippen LogP contribution >= 0.6 is 0 Å². The highest BCUT2D eigenvalue weighted by Crippen LogP contribution is 2.33. The molecule has 0 saturated carbocycles. The molecular formula is C15H10F3NO. The smallest absolute Gasteiger partial charge is 0.379 e. The van der Waals surface area contributed by atoms with Gasteiger partial charge in [0.05, 0.1) is 11.6 Å². The molecule has 1 atom stereocenters. The normalized spacial score (nSPS) is 12.8. The number of hydrogen-bond donors (Lipinski definition) is 1. The van der Waals surface area contributed by atoms with Crippen molar-refractivity contribution in [1.82, 2.24) is 0 Å². The van der Waals surface area contributed by atoms with Crippen LogP contribution in [-0.4, -0.2) is 11.3 Å². The van der Waals surface area contributed by atoms with Crippen molar-refractivity contribution in [3.63, 3.8) is 0 Å². The van der Waals surface area contributed by atoms with Gasteiger partial charge in [0.15, 0.2) is 6.10 Å². The predicted octanol–water partition coefficient (Wildman–Crippen LogP) is 3.82. The van der Waals surface area contributed by atoms with Gasteiger partial charge in [-0.15, -0.1) is 0 Å². The van der Waals surface area contributed by atoms with E-state index in [0.29, 0.717) is 11.1 Å². The number of aliphatic hydroxyl groups excluding tert-OH is 1.